The molecule has 0 radical (unpaired) electrons. The Morgan fingerprint density at radius 3 is 2.78 bits per heavy atom. The van der Waals surface area contributed by atoms with Gasteiger partial charge in [0.25, 0.3) is 0 Å². The molecular weight excluding hydrogens is 340 g/mol. The van der Waals surface area contributed by atoms with Crippen LogP contribution in [0.2, 0.25) is 5.02 Å². The lowest BCUT2D eigenvalue weighted by atomic mass is 10.3. The van der Waals surface area contributed by atoms with Crippen LogP contribution in [0.4, 0.5) is 0 Å². The van der Waals surface area contributed by atoms with Crippen LogP contribution < -0.4 is 4.74 Å². The number of hydrogen-bond donors (Lipinski definition) is 1. The molecule has 0 fully saturated rings. The summed E-state index contributed by atoms with van der Waals surface area (Å²) >= 11 is 10.5. The molecule has 0 unspecified atom stereocenters. The van der Waals surface area contributed by atoms with Crippen molar-refractivity contribution < 1.29 is 14.6 Å². The van der Waals surface area contributed by atoms with Crippen LogP contribution in [0, 0.1) is 0 Å². The van der Waals surface area contributed by atoms with Crippen LogP contribution in [-0.4, -0.2) is 11.1 Å². The molecule has 0 aliphatic carbocycles. The second-order valence-electron chi connectivity index (χ2n) is 3.43. The summed E-state index contributed by atoms with van der Waals surface area (Å²) < 4.78 is 6.41. The van der Waals surface area contributed by atoms with E-state index in [0.717, 1.165) is 9.35 Å². The van der Waals surface area contributed by atoms with Crippen LogP contribution >= 0.6 is 38.9 Å². The smallest absolute Gasteiger partial charge is 0.345 e. The van der Waals surface area contributed by atoms with Gasteiger partial charge in [-0.15, -0.1) is 11.3 Å². The summed E-state index contributed by atoms with van der Waals surface area (Å²) in [7, 11) is 0. The molecule has 0 saturated carbocycles. The van der Waals surface area contributed by atoms with Gasteiger partial charge in [-0.2, -0.15) is 0 Å². The van der Waals surface area contributed by atoms with E-state index in [-0.39, 0.29) is 0 Å². The summed E-state index contributed by atoms with van der Waals surface area (Å²) in [6.45, 7) is 0.305. The molecule has 0 amide bonds. The molecule has 94 valence electrons. The molecule has 1 aromatic heterocycles. The lowest BCUT2D eigenvalue weighted by molar-refractivity contribution is 0.0702. The number of thiophene rings is 1. The van der Waals surface area contributed by atoms with Gasteiger partial charge in [0.2, 0.25) is 0 Å². The Morgan fingerprint density at radius 1 is 1.39 bits per heavy atom. The van der Waals surface area contributed by atoms with Crippen molar-refractivity contribution in [1.82, 2.24) is 0 Å². The highest BCUT2D eigenvalue weighted by Crippen LogP contribution is 2.29. The molecule has 3 nitrogen and oxygen atoms in total. The molecule has 0 bridgehead atoms. The van der Waals surface area contributed by atoms with E-state index < -0.39 is 5.97 Å². The van der Waals surface area contributed by atoms with E-state index in [4.69, 9.17) is 21.4 Å². The van der Waals surface area contributed by atoms with Gasteiger partial charge in [-0.1, -0.05) is 27.5 Å². The molecule has 2 rings (SSSR count). The van der Waals surface area contributed by atoms with Gasteiger partial charge in [0, 0.05) is 9.35 Å². The molecule has 18 heavy (non-hydrogen) atoms. The van der Waals surface area contributed by atoms with E-state index >= 15 is 0 Å². The maximum atomic E-state index is 10.7. The quantitative estimate of drug-likeness (QED) is 0.889. The molecule has 0 saturated heterocycles. The van der Waals surface area contributed by atoms with Gasteiger partial charge in [0.05, 0.1) is 5.02 Å². The first-order valence-corrected chi connectivity index (χ1v) is 6.95. The number of rotatable bonds is 4. The van der Waals surface area contributed by atoms with Crippen LogP contribution in [0.3, 0.4) is 0 Å². The van der Waals surface area contributed by atoms with Gasteiger partial charge in [-0.25, -0.2) is 4.79 Å². The van der Waals surface area contributed by atoms with Crippen molar-refractivity contribution in [3.8, 4) is 5.75 Å². The average Bonchev–Trinajstić information content (AvgIpc) is 2.76. The molecule has 1 aromatic carbocycles. The lowest BCUT2D eigenvalue weighted by Gasteiger charge is -2.06. The maximum absolute atomic E-state index is 10.7. The highest BCUT2D eigenvalue weighted by molar-refractivity contribution is 9.10. The van der Waals surface area contributed by atoms with Crippen LogP contribution in [0.1, 0.15) is 14.5 Å². The van der Waals surface area contributed by atoms with Crippen LogP contribution in [0.15, 0.2) is 34.8 Å². The van der Waals surface area contributed by atoms with E-state index in [1.54, 1.807) is 24.3 Å². The number of halogens is 2. The van der Waals surface area contributed by atoms with Crippen LogP contribution in [-0.2, 0) is 6.61 Å². The highest BCUT2D eigenvalue weighted by Gasteiger charge is 2.08. The molecule has 0 spiro atoms. The average molecular weight is 348 g/mol. The van der Waals surface area contributed by atoms with Crippen molar-refractivity contribution in [3.05, 3.63) is 49.6 Å². The molecular formula is C12H8BrClO3S. The Bertz CT molecular complexity index is 582. The van der Waals surface area contributed by atoms with Crippen molar-refractivity contribution >= 4 is 44.8 Å². The van der Waals surface area contributed by atoms with Gasteiger partial charge in [-0.3, -0.25) is 0 Å². The lowest BCUT2D eigenvalue weighted by Crippen LogP contribution is -1.93. The van der Waals surface area contributed by atoms with Gasteiger partial charge in [0.15, 0.2) is 0 Å². The normalized spacial score (nSPS) is 10.3. The van der Waals surface area contributed by atoms with Crippen molar-refractivity contribution in [2.45, 2.75) is 6.61 Å². The summed E-state index contributed by atoms with van der Waals surface area (Å²) in [4.78, 5) is 11.9. The van der Waals surface area contributed by atoms with Crippen molar-refractivity contribution in [3.63, 3.8) is 0 Å². The molecule has 0 atom stereocenters. The number of carboxylic acid groups (broad SMARTS) is 1. The fraction of sp³-hybridized carbons (Fsp3) is 0.0833. The van der Waals surface area contributed by atoms with Crippen molar-refractivity contribution in [2.75, 3.05) is 0 Å². The van der Waals surface area contributed by atoms with E-state index in [9.17, 15) is 4.79 Å². The summed E-state index contributed by atoms with van der Waals surface area (Å²) in [5, 5.41) is 9.31. The van der Waals surface area contributed by atoms with E-state index in [1.165, 1.54) is 11.3 Å². The number of carboxylic acids is 1. The van der Waals surface area contributed by atoms with E-state index in [0.29, 0.717) is 22.3 Å². The zero-order chi connectivity index (χ0) is 13.1. The molecule has 0 aliphatic heterocycles. The van der Waals surface area contributed by atoms with Crippen LogP contribution in [0.25, 0.3) is 0 Å². The number of benzene rings is 1. The third-order valence-electron chi connectivity index (χ3n) is 2.14. The monoisotopic (exact) mass is 346 g/mol. The first-order valence-electron chi connectivity index (χ1n) is 4.96. The van der Waals surface area contributed by atoms with Crippen LogP contribution in [0.5, 0.6) is 5.75 Å². The van der Waals surface area contributed by atoms with E-state index in [2.05, 4.69) is 15.9 Å². The van der Waals surface area contributed by atoms with Gasteiger partial charge in [-0.05, 0) is 30.3 Å². The minimum Gasteiger partial charge on any atom is -0.487 e. The highest BCUT2D eigenvalue weighted by atomic mass is 79.9. The number of carbonyl (C=O) groups is 1. The van der Waals surface area contributed by atoms with Crippen molar-refractivity contribution in [1.29, 1.82) is 0 Å². The molecule has 0 aliphatic rings. The Kier molecular flexibility index (Phi) is 4.27. The van der Waals surface area contributed by atoms with E-state index in [1.807, 2.05) is 6.07 Å². The standard InChI is InChI=1S/C12H8BrClO3S/c13-7-1-3-10(9(14)5-7)17-6-8-2-4-11(18-8)12(15)16/h1-5H,6H2,(H,15,16). The first kappa shape index (κ1) is 13.4. The Hall–Kier alpha value is -1.04. The zero-order valence-corrected chi connectivity index (χ0v) is 12.2. The molecule has 6 heteroatoms. The minimum absolute atomic E-state index is 0.301. The zero-order valence-electron chi connectivity index (χ0n) is 9.02. The summed E-state index contributed by atoms with van der Waals surface area (Å²) in [5.74, 6) is -0.349. The SMILES string of the molecule is O=C(O)c1ccc(COc2ccc(Br)cc2Cl)s1. The summed E-state index contributed by atoms with van der Waals surface area (Å²) in [6, 6.07) is 8.64. The topological polar surface area (TPSA) is 46.5 Å². The largest absolute Gasteiger partial charge is 0.487 e. The van der Waals surface area contributed by atoms with Gasteiger partial charge < -0.3 is 9.84 Å². The maximum Gasteiger partial charge on any atom is 0.345 e. The minimum atomic E-state index is -0.923. The predicted octanol–water partition coefficient (Wildman–Crippen LogP) is 4.44. The summed E-state index contributed by atoms with van der Waals surface area (Å²) in [5.41, 5.74) is 0. The predicted molar refractivity (Wildman–Crippen MR) is 74.8 cm³/mol. The fourth-order valence-corrected chi connectivity index (χ4v) is 2.80. The second kappa shape index (κ2) is 5.73. The Balaban J connectivity index is 2.04. The van der Waals surface area contributed by atoms with Gasteiger partial charge >= 0.3 is 5.97 Å². The Labute approximate surface area is 121 Å². The molecule has 1 N–H and O–H groups in total. The third-order valence-corrected chi connectivity index (χ3v) is 3.97. The Morgan fingerprint density at radius 2 is 2.17 bits per heavy atom. The number of ether oxygens (including phenoxy) is 1. The second-order valence-corrected chi connectivity index (χ2v) is 5.93. The number of hydrogen-bond acceptors (Lipinski definition) is 3. The third kappa shape index (κ3) is 3.25. The van der Waals surface area contributed by atoms with Crippen molar-refractivity contribution in [2.24, 2.45) is 0 Å². The molecule has 2 aromatic rings. The number of aromatic carboxylic acids is 1. The molecule has 1 heterocycles. The fourth-order valence-electron chi connectivity index (χ4n) is 1.31. The summed E-state index contributed by atoms with van der Waals surface area (Å²) in [6.07, 6.45) is 0. The van der Waals surface area contributed by atoms with Gasteiger partial charge in [0.1, 0.15) is 17.2 Å². The first-order chi connectivity index (χ1) is 8.56.